The molecule has 0 radical (unpaired) electrons. The second-order valence-electron chi connectivity index (χ2n) is 4.04. The van der Waals surface area contributed by atoms with Crippen LogP contribution in [0.4, 0.5) is 0 Å². The van der Waals surface area contributed by atoms with Gasteiger partial charge in [-0.2, -0.15) is 0 Å². The van der Waals surface area contributed by atoms with Crippen molar-refractivity contribution in [2.24, 2.45) is 0 Å². The fourth-order valence-corrected chi connectivity index (χ4v) is 2.55. The summed E-state index contributed by atoms with van der Waals surface area (Å²) in [5, 5.41) is 3.66. The van der Waals surface area contributed by atoms with E-state index in [1.54, 1.807) is 0 Å². The van der Waals surface area contributed by atoms with Crippen LogP contribution in [0.25, 0.3) is 0 Å². The number of unbranched alkanes of at least 4 members (excludes halogenated alkanes) is 3. The zero-order valence-electron chi connectivity index (χ0n) is 8.53. The summed E-state index contributed by atoms with van der Waals surface area (Å²) in [6, 6.07) is 0.865. The van der Waals surface area contributed by atoms with Gasteiger partial charge in [0.25, 0.3) is 0 Å². The van der Waals surface area contributed by atoms with Gasteiger partial charge >= 0.3 is 0 Å². The number of rotatable bonds is 7. The molecular weight excluding hydrogens is 273 g/mol. The smallest absolute Gasteiger partial charge is 0.00670 e. The maximum absolute atomic E-state index is 3.66. The summed E-state index contributed by atoms with van der Waals surface area (Å²) in [6.07, 6.45) is 11.4. The highest BCUT2D eigenvalue weighted by molar-refractivity contribution is 14.1. The zero-order valence-corrected chi connectivity index (χ0v) is 10.7. The first-order valence-corrected chi connectivity index (χ1v) is 7.25. The lowest BCUT2D eigenvalue weighted by molar-refractivity contribution is 0.502. The molecule has 0 spiro atoms. The minimum Gasteiger partial charge on any atom is -0.314 e. The van der Waals surface area contributed by atoms with Gasteiger partial charge in [-0.05, 0) is 36.7 Å². The fraction of sp³-hybridized carbons (Fsp3) is 1.00. The van der Waals surface area contributed by atoms with E-state index in [-0.39, 0.29) is 0 Å². The Labute approximate surface area is 96.2 Å². The van der Waals surface area contributed by atoms with Crippen LogP contribution >= 0.6 is 22.6 Å². The topological polar surface area (TPSA) is 12.0 Å². The monoisotopic (exact) mass is 295 g/mol. The summed E-state index contributed by atoms with van der Waals surface area (Å²) in [6.45, 7) is 1.26. The molecule has 1 saturated carbocycles. The number of hydrogen-bond acceptors (Lipinski definition) is 1. The summed E-state index contributed by atoms with van der Waals surface area (Å²) in [4.78, 5) is 0. The molecule has 78 valence electrons. The number of nitrogens with one attached hydrogen (secondary N) is 1. The predicted molar refractivity (Wildman–Crippen MR) is 67.6 cm³/mol. The minimum atomic E-state index is 0.865. The third-order valence-electron chi connectivity index (χ3n) is 2.85. The molecule has 0 amide bonds. The molecule has 0 saturated heterocycles. The van der Waals surface area contributed by atoms with Gasteiger partial charge in [0, 0.05) is 6.04 Å². The highest BCUT2D eigenvalue weighted by Gasteiger charge is 2.12. The maximum atomic E-state index is 3.66. The SMILES string of the molecule is ICCCCCCNC1CCCC1. The summed E-state index contributed by atoms with van der Waals surface area (Å²) in [5.74, 6) is 0. The Kier molecular flexibility index (Phi) is 7.27. The van der Waals surface area contributed by atoms with Crippen LogP contribution in [0.2, 0.25) is 0 Å². The quantitative estimate of drug-likeness (QED) is 0.430. The van der Waals surface area contributed by atoms with Gasteiger partial charge in [0.1, 0.15) is 0 Å². The lowest BCUT2D eigenvalue weighted by atomic mass is 10.2. The van der Waals surface area contributed by atoms with Crippen molar-refractivity contribution in [3.63, 3.8) is 0 Å². The Bertz CT molecular complexity index is 111. The van der Waals surface area contributed by atoms with E-state index in [4.69, 9.17) is 0 Å². The largest absolute Gasteiger partial charge is 0.314 e. The Morgan fingerprint density at radius 3 is 2.38 bits per heavy atom. The second kappa shape index (κ2) is 8.04. The Morgan fingerprint density at radius 2 is 1.69 bits per heavy atom. The molecule has 0 heterocycles. The fourth-order valence-electron chi connectivity index (χ4n) is 2.01. The average Bonchev–Trinajstić information content (AvgIpc) is 2.63. The first-order valence-electron chi connectivity index (χ1n) is 5.73. The van der Waals surface area contributed by atoms with E-state index in [0.29, 0.717) is 0 Å². The molecule has 2 heteroatoms. The van der Waals surface area contributed by atoms with Gasteiger partial charge in [-0.15, -0.1) is 0 Å². The van der Waals surface area contributed by atoms with E-state index in [2.05, 4.69) is 27.9 Å². The highest BCUT2D eigenvalue weighted by Crippen LogP contribution is 2.17. The molecule has 1 fully saturated rings. The molecule has 0 aromatic heterocycles. The Morgan fingerprint density at radius 1 is 1.00 bits per heavy atom. The number of hydrogen-bond donors (Lipinski definition) is 1. The molecule has 1 aliphatic rings. The van der Waals surface area contributed by atoms with E-state index < -0.39 is 0 Å². The van der Waals surface area contributed by atoms with Crippen LogP contribution in [0.15, 0.2) is 0 Å². The molecule has 0 aliphatic heterocycles. The zero-order chi connectivity index (χ0) is 9.36. The first kappa shape index (κ1) is 11.8. The van der Waals surface area contributed by atoms with Crippen LogP contribution in [0, 0.1) is 0 Å². The average molecular weight is 295 g/mol. The van der Waals surface area contributed by atoms with E-state index in [0.717, 1.165) is 6.04 Å². The van der Waals surface area contributed by atoms with E-state index >= 15 is 0 Å². The van der Waals surface area contributed by atoms with Crippen LogP contribution in [0.5, 0.6) is 0 Å². The molecule has 1 aliphatic carbocycles. The molecule has 13 heavy (non-hydrogen) atoms. The normalized spacial score (nSPS) is 18.2. The first-order chi connectivity index (χ1) is 6.43. The number of alkyl halides is 1. The summed E-state index contributed by atoms with van der Waals surface area (Å²) in [7, 11) is 0. The van der Waals surface area contributed by atoms with Crippen molar-refractivity contribution in [3.05, 3.63) is 0 Å². The van der Waals surface area contributed by atoms with E-state index in [1.165, 1.54) is 62.3 Å². The van der Waals surface area contributed by atoms with Gasteiger partial charge in [0.2, 0.25) is 0 Å². The van der Waals surface area contributed by atoms with Gasteiger partial charge in [-0.3, -0.25) is 0 Å². The molecule has 0 atom stereocenters. The van der Waals surface area contributed by atoms with E-state index in [9.17, 15) is 0 Å². The molecule has 1 rings (SSSR count). The van der Waals surface area contributed by atoms with Crippen LogP contribution in [-0.4, -0.2) is 17.0 Å². The Balaban J connectivity index is 1.78. The number of halogens is 1. The van der Waals surface area contributed by atoms with Gasteiger partial charge < -0.3 is 5.32 Å². The van der Waals surface area contributed by atoms with Gasteiger partial charge in [0.15, 0.2) is 0 Å². The maximum Gasteiger partial charge on any atom is 0.00670 e. The van der Waals surface area contributed by atoms with Crippen molar-refractivity contribution in [1.29, 1.82) is 0 Å². The standard InChI is InChI=1S/C11H22IN/c12-9-5-1-2-6-10-13-11-7-3-4-8-11/h11,13H,1-10H2. The molecular formula is C11H22IN. The van der Waals surface area contributed by atoms with Crippen molar-refractivity contribution in [1.82, 2.24) is 5.32 Å². The van der Waals surface area contributed by atoms with E-state index in [1.807, 2.05) is 0 Å². The molecule has 0 aromatic rings. The van der Waals surface area contributed by atoms with Gasteiger partial charge in [-0.25, -0.2) is 0 Å². The summed E-state index contributed by atoms with van der Waals surface area (Å²) in [5.41, 5.74) is 0. The highest BCUT2D eigenvalue weighted by atomic mass is 127. The third kappa shape index (κ3) is 5.89. The molecule has 0 aromatic carbocycles. The van der Waals surface area contributed by atoms with Gasteiger partial charge in [-0.1, -0.05) is 48.3 Å². The predicted octanol–water partition coefficient (Wildman–Crippen LogP) is 3.51. The lowest BCUT2D eigenvalue weighted by Gasteiger charge is -2.10. The van der Waals surface area contributed by atoms with Crippen LogP contribution in [0.3, 0.4) is 0 Å². The summed E-state index contributed by atoms with van der Waals surface area (Å²) < 4.78 is 1.33. The molecule has 1 N–H and O–H groups in total. The summed E-state index contributed by atoms with van der Waals surface area (Å²) >= 11 is 2.46. The van der Waals surface area contributed by atoms with Crippen molar-refractivity contribution in [2.75, 3.05) is 11.0 Å². The minimum absolute atomic E-state index is 0.865. The van der Waals surface area contributed by atoms with Crippen molar-refractivity contribution in [3.8, 4) is 0 Å². The molecule has 1 nitrogen and oxygen atoms in total. The molecule has 0 unspecified atom stereocenters. The second-order valence-corrected chi connectivity index (χ2v) is 5.12. The molecule has 0 bridgehead atoms. The van der Waals surface area contributed by atoms with Crippen molar-refractivity contribution < 1.29 is 0 Å². The van der Waals surface area contributed by atoms with Crippen molar-refractivity contribution in [2.45, 2.75) is 57.4 Å². The van der Waals surface area contributed by atoms with Crippen LogP contribution in [0.1, 0.15) is 51.4 Å². The Hall–Kier alpha value is 0.690. The van der Waals surface area contributed by atoms with Gasteiger partial charge in [0.05, 0.1) is 0 Å². The lowest BCUT2D eigenvalue weighted by Crippen LogP contribution is -2.26. The third-order valence-corrected chi connectivity index (χ3v) is 3.61. The van der Waals surface area contributed by atoms with Crippen molar-refractivity contribution >= 4 is 22.6 Å². The van der Waals surface area contributed by atoms with Crippen LogP contribution in [-0.2, 0) is 0 Å². The van der Waals surface area contributed by atoms with Crippen LogP contribution < -0.4 is 5.32 Å².